The van der Waals surface area contributed by atoms with Crippen molar-refractivity contribution in [2.24, 2.45) is 0 Å². The molecule has 132 heavy (non-hydrogen) atoms. The van der Waals surface area contributed by atoms with Gasteiger partial charge in [-0.1, -0.05) is 173 Å². The van der Waals surface area contributed by atoms with Crippen molar-refractivity contribution >= 4 is 160 Å². The van der Waals surface area contributed by atoms with Gasteiger partial charge in [0.1, 0.15) is 0 Å². The first-order valence-corrected chi connectivity index (χ1v) is 42.6. The lowest BCUT2D eigenvalue weighted by atomic mass is 10.0. The Kier molecular flexibility index (Phi) is 35.8. The summed E-state index contributed by atoms with van der Waals surface area (Å²) < 4.78 is 95.4. The molecule has 0 spiro atoms. The standard InChI is InChI=1S/C25H20ClNO3.C19H16ClNO3.C17H12ClNO3.C16H11BrClNO.C14H10ClF3NO.C9H6ClF3O.CH3.HI/c1-3-30-25(29)18-12-10-17(11-13-18)19-15-22(27-14-5-4-9-21(19)27)24(28)23-16(2)7-6-8-20(23)26;1-3-24-19(23)13-11-16(21-10-5-4-9-15(13)21)18(22)17-12(2)7-6-8-14(17)20;1-10-5-4-6-12(18)15(10)16(20)14-9-11(17(21)22)13-7-2-3-8-19(13)14;1-10-5-4-6-12(18)15(10)16(20)14-9-11(17)13-7-2-3-8-19(13)14;15-11-6-4-5-10(14(16,17)18)13(11)12(20)9-19-7-2-1-3-8-19;1-5(14)8-6(9(11,12)13)3-2-4-7(8)10;;/h4-15H,3H2,1-2H3;4-11H,3H2,1-2H3;2-9H,1H3,(H,21,22);2-9H,1H3;1-8H,9H2;2-4H,1H3;1H3;1H/q;;;;+1;;-1;/p-1. The molecule has 678 valence electrons. The monoisotopic (exact) mass is 2080 g/mol. The molecule has 9 aromatic heterocycles. The van der Waals surface area contributed by atoms with E-state index in [-0.39, 0.29) is 95.0 Å². The van der Waals surface area contributed by atoms with Gasteiger partial charge in [0, 0.05) is 74.8 Å². The fourth-order valence-electron chi connectivity index (χ4n) is 14.2. The number of carbonyl (C=O) groups is 9. The number of aromatic nitrogens is 5. The van der Waals surface area contributed by atoms with Crippen LogP contribution < -0.4 is 28.5 Å². The normalized spacial score (nSPS) is 10.8. The van der Waals surface area contributed by atoms with Crippen LogP contribution in [0, 0.1) is 35.1 Å². The van der Waals surface area contributed by atoms with Gasteiger partial charge in [-0.3, -0.25) is 28.8 Å². The number of ether oxygens (including phenoxy) is 2. The van der Waals surface area contributed by atoms with Crippen LogP contribution in [0.3, 0.4) is 0 Å². The van der Waals surface area contributed by atoms with Crippen LogP contribution in [0.2, 0.25) is 30.1 Å². The number of Topliss-reactive ketones (excluding diaryl/α,β-unsaturated/α-hetero) is 2. The number of carboxylic acids is 1. The fourth-order valence-corrected chi connectivity index (χ4v) is 16.5. The lowest BCUT2D eigenvalue weighted by Crippen LogP contribution is -3.00. The summed E-state index contributed by atoms with van der Waals surface area (Å²) in [5.74, 6) is -3.96. The summed E-state index contributed by atoms with van der Waals surface area (Å²) in [6.45, 7) is 12.4. The summed E-state index contributed by atoms with van der Waals surface area (Å²) in [6.07, 6.45) is 1.19. The van der Waals surface area contributed by atoms with Gasteiger partial charge in [-0.2, -0.15) is 30.9 Å². The van der Waals surface area contributed by atoms with Crippen LogP contribution in [0.5, 0.6) is 0 Å². The van der Waals surface area contributed by atoms with Crippen LogP contribution in [0.1, 0.15) is 170 Å². The molecular formula is C101H78BrCl6F6IN5O12-. The number of pyridine rings is 5. The van der Waals surface area contributed by atoms with Gasteiger partial charge >= 0.3 is 30.3 Å². The number of halogens is 14. The Labute approximate surface area is 809 Å². The molecule has 0 aliphatic carbocycles. The van der Waals surface area contributed by atoms with E-state index in [2.05, 4.69) is 15.9 Å². The third-order valence-electron chi connectivity index (χ3n) is 20.2. The van der Waals surface area contributed by atoms with Crippen molar-refractivity contribution < 1.29 is 113 Å². The van der Waals surface area contributed by atoms with Crippen LogP contribution in [-0.2, 0) is 28.4 Å². The van der Waals surface area contributed by atoms with E-state index in [4.69, 9.17) is 79.1 Å². The third kappa shape index (κ3) is 23.8. The predicted octanol–water partition coefficient (Wildman–Crippen LogP) is 23.6. The maximum atomic E-state index is 13.4. The number of benzene rings is 7. The summed E-state index contributed by atoms with van der Waals surface area (Å²) >= 11 is 39.7. The molecule has 0 bridgehead atoms. The molecule has 17 nitrogen and oxygen atoms in total. The molecule has 1 N–H and O–H groups in total. The number of hydrogen-bond acceptors (Lipinski definition) is 11. The molecule has 9 heterocycles. The molecule has 0 unspecified atom stereocenters. The predicted molar refractivity (Wildman–Crippen MR) is 500 cm³/mol. The van der Waals surface area contributed by atoms with Gasteiger partial charge in [0.15, 0.2) is 18.2 Å². The number of hydrogen-bond donors (Lipinski definition) is 1. The highest BCUT2D eigenvalue weighted by molar-refractivity contribution is 9.10. The Hall–Kier alpha value is -12.3. The second-order valence-corrected chi connectivity index (χ2v) is 32.0. The van der Waals surface area contributed by atoms with Crippen molar-refractivity contribution in [3.63, 3.8) is 0 Å². The first kappa shape index (κ1) is 103. The largest absolute Gasteiger partial charge is 1.00 e. The zero-order valence-electron chi connectivity index (χ0n) is 71.2. The molecule has 0 aliphatic heterocycles. The van der Waals surface area contributed by atoms with Crippen molar-refractivity contribution in [3.8, 4) is 11.1 Å². The van der Waals surface area contributed by atoms with Gasteiger partial charge in [0.2, 0.25) is 35.5 Å². The van der Waals surface area contributed by atoms with Gasteiger partial charge < -0.3 is 63.6 Å². The number of esters is 2. The number of fused-ring (bicyclic) bond motifs is 4. The number of carbonyl (C=O) groups excluding carboxylic acids is 8. The van der Waals surface area contributed by atoms with Crippen molar-refractivity contribution in [1.29, 1.82) is 0 Å². The van der Waals surface area contributed by atoms with Crippen LogP contribution in [0.25, 0.3) is 33.2 Å². The van der Waals surface area contributed by atoms with Gasteiger partial charge in [-0.05, 0) is 226 Å². The van der Waals surface area contributed by atoms with E-state index in [0.29, 0.717) is 88.2 Å². The van der Waals surface area contributed by atoms with E-state index in [1.807, 2.05) is 139 Å². The topological polar surface area (TPSA) is 214 Å². The lowest BCUT2D eigenvalue weighted by Gasteiger charge is -2.12. The number of nitrogens with zero attached hydrogens (tertiary/aromatic N) is 5. The molecule has 16 aromatic rings. The molecule has 7 aromatic carbocycles. The molecule has 0 atom stereocenters. The first-order chi connectivity index (χ1) is 61.9. The second kappa shape index (κ2) is 45.7. The molecule has 16 rings (SSSR count). The van der Waals surface area contributed by atoms with E-state index in [9.17, 15) is 74.6 Å². The minimum atomic E-state index is -4.61. The van der Waals surface area contributed by atoms with Crippen LogP contribution >= 0.6 is 85.5 Å². The quantitative estimate of drug-likeness (QED) is 0.0212. The fraction of sp³-hybridized carbons (Fsp3) is 0.119. The van der Waals surface area contributed by atoms with Crippen molar-refractivity contribution in [2.45, 2.75) is 67.4 Å². The summed E-state index contributed by atoms with van der Waals surface area (Å²) in [5.41, 5.74) is 9.71. The number of aryl methyl sites for hydroxylation is 4. The highest BCUT2D eigenvalue weighted by Gasteiger charge is 2.38. The minimum Gasteiger partial charge on any atom is -1.00 e. The van der Waals surface area contributed by atoms with Crippen LogP contribution in [-0.4, -0.2) is 88.5 Å². The molecule has 0 fully saturated rings. The van der Waals surface area contributed by atoms with Crippen LogP contribution in [0.4, 0.5) is 26.3 Å². The van der Waals surface area contributed by atoms with Crippen molar-refractivity contribution in [2.75, 3.05) is 13.2 Å². The number of carboxylic acid groups (broad SMARTS) is 1. The Balaban J connectivity index is 0.000000180. The molecule has 31 heteroatoms. The highest BCUT2D eigenvalue weighted by atomic mass is 127. The Bertz CT molecular complexity index is 6980. The molecular weight excluding hydrogens is 2010 g/mol. The van der Waals surface area contributed by atoms with E-state index in [1.165, 1.54) is 28.8 Å². The van der Waals surface area contributed by atoms with E-state index in [1.54, 1.807) is 164 Å². The highest BCUT2D eigenvalue weighted by Crippen LogP contribution is 2.39. The minimum absolute atomic E-state index is 0. The maximum Gasteiger partial charge on any atom is 0.417 e. The number of alkyl halides is 6. The van der Waals surface area contributed by atoms with Crippen molar-refractivity contribution in [1.82, 2.24) is 17.6 Å². The van der Waals surface area contributed by atoms with Gasteiger partial charge in [0.25, 0.3) is 0 Å². The van der Waals surface area contributed by atoms with Crippen molar-refractivity contribution in [3.05, 3.63) is 434 Å². The Morgan fingerprint density at radius 1 is 0.386 bits per heavy atom. The zero-order valence-corrected chi connectivity index (χ0v) is 79.5. The van der Waals surface area contributed by atoms with E-state index >= 15 is 0 Å². The lowest BCUT2D eigenvalue weighted by molar-refractivity contribution is -0.683. The average Bonchev–Trinajstić information content (AvgIpc) is 1.63. The molecule has 0 saturated carbocycles. The first-order valence-electron chi connectivity index (χ1n) is 39.5. The SMILES string of the molecule is CC(=O)c1c(Cl)cccc1C(F)(F)F.CCOC(=O)c1cc(C(=O)c2c(C)cccc2Cl)n2ccccc12.CCOC(=O)c1ccc(-c2cc(C(=O)c3c(C)cccc3Cl)n3ccccc23)cc1.Cc1cccc(Cl)c1C(=O)c1cc(Br)c2ccccn12.Cc1cccc(Cl)c1C(=O)c1cc(C(=O)O)c2ccccn12.O=C(C[n+]1ccccc1)c1c(Cl)cccc1C(F)(F)F.[CH3-].[I-]. The molecule has 0 aliphatic rings. The number of aromatic carboxylic acids is 1. The Morgan fingerprint density at radius 2 is 0.720 bits per heavy atom. The number of rotatable bonds is 18. The summed E-state index contributed by atoms with van der Waals surface area (Å²) in [5, 5.41) is 10.6. The summed E-state index contributed by atoms with van der Waals surface area (Å²) in [6, 6.07) is 69.1. The summed E-state index contributed by atoms with van der Waals surface area (Å²) in [4.78, 5) is 111. The second-order valence-electron chi connectivity index (χ2n) is 28.7. The average molecular weight is 2090 g/mol. The third-order valence-corrected chi connectivity index (χ3v) is 22.7. The van der Waals surface area contributed by atoms with Gasteiger partial charge in [-0.15, -0.1) is 0 Å². The van der Waals surface area contributed by atoms with Gasteiger partial charge in [0.05, 0.1) is 122 Å². The maximum absolute atomic E-state index is 13.4. The molecule has 0 amide bonds. The molecule has 0 saturated heterocycles. The van der Waals surface area contributed by atoms with E-state index in [0.717, 1.165) is 74.0 Å². The number of ketones is 6. The molecule has 0 radical (unpaired) electrons. The van der Waals surface area contributed by atoms with Gasteiger partial charge in [-0.25, -0.2) is 14.4 Å². The Morgan fingerprint density at radius 3 is 1.11 bits per heavy atom. The summed E-state index contributed by atoms with van der Waals surface area (Å²) in [7, 11) is 0. The smallest absolute Gasteiger partial charge is 0.417 e. The van der Waals surface area contributed by atoms with E-state index < -0.39 is 58.1 Å². The zero-order chi connectivity index (χ0) is 94.3. The van der Waals surface area contributed by atoms with Crippen LogP contribution in [0.15, 0.2) is 290 Å².